The summed E-state index contributed by atoms with van der Waals surface area (Å²) in [5.74, 6) is 1.94. The molecule has 0 bridgehead atoms. The zero-order valence-electron chi connectivity index (χ0n) is 9.10. The lowest BCUT2D eigenvalue weighted by atomic mass is 9.75. The van der Waals surface area contributed by atoms with Crippen LogP contribution in [0, 0.1) is 11.8 Å². The van der Waals surface area contributed by atoms with Crippen LogP contribution < -0.4 is 10.6 Å². The lowest BCUT2D eigenvalue weighted by Crippen LogP contribution is -2.34. The van der Waals surface area contributed by atoms with E-state index >= 15 is 0 Å². The van der Waals surface area contributed by atoms with Gasteiger partial charge in [-0.15, -0.1) is 0 Å². The first-order valence-electron chi connectivity index (χ1n) is 5.76. The molecule has 1 aliphatic rings. The van der Waals surface area contributed by atoms with Crippen LogP contribution in [0.2, 0.25) is 0 Å². The Labute approximate surface area is 82.5 Å². The van der Waals surface area contributed by atoms with Crippen LogP contribution >= 0.6 is 0 Å². The van der Waals surface area contributed by atoms with Crippen LogP contribution in [0.4, 0.5) is 0 Å². The molecule has 0 heterocycles. The fourth-order valence-electron chi connectivity index (χ4n) is 1.84. The maximum absolute atomic E-state index is 3.54. The minimum Gasteiger partial charge on any atom is -0.317 e. The van der Waals surface area contributed by atoms with Gasteiger partial charge in [-0.25, -0.2) is 0 Å². The summed E-state index contributed by atoms with van der Waals surface area (Å²) in [6, 6.07) is 0. The lowest BCUT2D eigenvalue weighted by molar-refractivity contribution is 0.191. The van der Waals surface area contributed by atoms with Crippen molar-refractivity contribution >= 4 is 0 Å². The Balaban J connectivity index is 1.79. The summed E-state index contributed by atoms with van der Waals surface area (Å²) in [7, 11) is 0. The molecule has 0 aliphatic heterocycles. The van der Waals surface area contributed by atoms with Crippen molar-refractivity contribution in [3.63, 3.8) is 0 Å². The van der Waals surface area contributed by atoms with E-state index in [4.69, 9.17) is 0 Å². The molecule has 0 unspecified atom stereocenters. The highest BCUT2D eigenvalue weighted by atomic mass is 14.9. The van der Waals surface area contributed by atoms with E-state index in [0.29, 0.717) is 0 Å². The Hall–Kier alpha value is -0.0800. The smallest absolute Gasteiger partial charge is 0.00180 e. The SMILES string of the molecule is CCNCCCNC[C@H]1CC[C@H]1C. The van der Waals surface area contributed by atoms with Crippen molar-refractivity contribution in [1.29, 1.82) is 0 Å². The Morgan fingerprint density at radius 2 is 1.92 bits per heavy atom. The quantitative estimate of drug-likeness (QED) is 0.588. The predicted octanol–water partition coefficient (Wildman–Crippen LogP) is 1.62. The van der Waals surface area contributed by atoms with E-state index in [2.05, 4.69) is 24.5 Å². The number of hydrogen-bond acceptors (Lipinski definition) is 2. The minimum absolute atomic E-state index is 0.971. The summed E-state index contributed by atoms with van der Waals surface area (Å²) in [4.78, 5) is 0. The molecule has 0 spiro atoms. The van der Waals surface area contributed by atoms with Gasteiger partial charge in [0.05, 0.1) is 0 Å². The van der Waals surface area contributed by atoms with Crippen LogP contribution in [0.1, 0.15) is 33.1 Å². The summed E-state index contributed by atoms with van der Waals surface area (Å²) < 4.78 is 0. The molecule has 1 saturated carbocycles. The molecular formula is C11H24N2. The van der Waals surface area contributed by atoms with Gasteiger partial charge in [0.15, 0.2) is 0 Å². The summed E-state index contributed by atoms with van der Waals surface area (Å²) >= 11 is 0. The Kier molecular flexibility index (Phi) is 5.40. The van der Waals surface area contributed by atoms with Crippen LogP contribution in [0.5, 0.6) is 0 Å². The van der Waals surface area contributed by atoms with Gasteiger partial charge < -0.3 is 10.6 Å². The fourth-order valence-corrected chi connectivity index (χ4v) is 1.84. The predicted molar refractivity (Wildman–Crippen MR) is 57.9 cm³/mol. The first-order chi connectivity index (χ1) is 6.34. The Morgan fingerprint density at radius 1 is 1.15 bits per heavy atom. The van der Waals surface area contributed by atoms with Gasteiger partial charge >= 0.3 is 0 Å². The van der Waals surface area contributed by atoms with Crippen molar-refractivity contribution in [2.24, 2.45) is 11.8 Å². The van der Waals surface area contributed by atoms with Crippen molar-refractivity contribution < 1.29 is 0 Å². The molecule has 1 fully saturated rings. The third-order valence-electron chi connectivity index (χ3n) is 3.16. The molecule has 1 rings (SSSR count). The second kappa shape index (κ2) is 6.39. The van der Waals surface area contributed by atoms with Crippen molar-refractivity contribution in [3.05, 3.63) is 0 Å². The highest BCUT2D eigenvalue weighted by molar-refractivity contribution is 4.78. The van der Waals surface area contributed by atoms with Gasteiger partial charge in [0.2, 0.25) is 0 Å². The molecule has 0 aromatic rings. The second-order valence-corrected chi connectivity index (χ2v) is 4.23. The van der Waals surface area contributed by atoms with E-state index in [1.807, 2.05) is 0 Å². The zero-order valence-corrected chi connectivity index (χ0v) is 9.10. The lowest BCUT2D eigenvalue weighted by Gasteiger charge is -2.34. The molecule has 0 saturated heterocycles. The van der Waals surface area contributed by atoms with Crippen molar-refractivity contribution in [1.82, 2.24) is 10.6 Å². The molecule has 0 aromatic carbocycles. The molecule has 2 N–H and O–H groups in total. The molecule has 0 aromatic heterocycles. The molecule has 1 aliphatic carbocycles. The largest absolute Gasteiger partial charge is 0.317 e. The maximum Gasteiger partial charge on any atom is -0.00180 e. The van der Waals surface area contributed by atoms with Gasteiger partial charge in [-0.2, -0.15) is 0 Å². The van der Waals surface area contributed by atoms with E-state index < -0.39 is 0 Å². The topological polar surface area (TPSA) is 24.1 Å². The highest BCUT2D eigenvalue weighted by Gasteiger charge is 2.25. The molecule has 2 atom stereocenters. The molecule has 0 radical (unpaired) electrons. The average molecular weight is 184 g/mol. The number of nitrogens with one attached hydrogen (secondary N) is 2. The van der Waals surface area contributed by atoms with Crippen molar-refractivity contribution in [2.45, 2.75) is 33.1 Å². The van der Waals surface area contributed by atoms with Crippen LogP contribution in [0.3, 0.4) is 0 Å². The first-order valence-corrected chi connectivity index (χ1v) is 5.76. The van der Waals surface area contributed by atoms with Crippen LogP contribution in [-0.2, 0) is 0 Å². The molecular weight excluding hydrogens is 160 g/mol. The normalized spacial score (nSPS) is 27.2. The second-order valence-electron chi connectivity index (χ2n) is 4.23. The van der Waals surface area contributed by atoms with E-state index in [1.165, 1.54) is 32.4 Å². The zero-order chi connectivity index (χ0) is 9.52. The van der Waals surface area contributed by atoms with Gasteiger partial charge in [0.1, 0.15) is 0 Å². The standard InChI is InChI=1S/C11H24N2/c1-3-12-7-4-8-13-9-11-6-5-10(11)2/h10-13H,3-9H2,1-2H3/t10-,11-/m1/s1. The van der Waals surface area contributed by atoms with E-state index in [0.717, 1.165) is 24.9 Å². The number of hydrogen-bond donors (Lipinski definition) is 2. The maximum atomic E-state index is 3.54. The average Bonchev–Trinajstić information content (AvgIpc) is 2.14. The van der Waals surface area contributed by atoms with Gasteiger partial charge in [-0.3, -0.25) is 0 Å². The third kappa shape index (κ3) is 4.10. The molecule has 0 amide bonds. The summed E-state index contributed by atoms with van der Waals surface area (Å²) in [6.45, 7) is 9.20. The summed E-state index contributed by atoms with van der Waals surface area (Å²) in [6.07, 6.45) is 4.15. The van der Waals surface area contributed by atoms with Gasteiger partial charge in [0, 0.05) is 0 Å². The highest BCUT2D eigenvalue weighted by Crippen LogP contribution is 2.32. The van der Waals surface area contributed by atoms with Crippen LogP contribution in [0.25, 0.3) is 0 Å². The minimum atomic E-state index is 0.971. The Bertz CT molecular complexity index is 125. The van der Waals surface area contributed by atoms with Gasteiger partial charge in [0.25, 0.3) is 0 Å². The van der Waals surface area contributed by atoms with Crippen LogP contribution in [0.15, 0.2) is 0 Å². The van der Waals surface area contributed by atoms with E-state index in [1.54, 1.807) is 0 Å². The molecule has 13 heavy (non-hydrogen) atoms. The molecule has 78 valence electrons. The van der Waals surface area contributed by atoms with Crippen molar-refractivity contribution in [3.8, 4) is 0 Å². The van der Waals surface area contributed by atoms with Gasteiger partial charge in [-0.05, 0) is 50.9 Å². The summed E-state index contributed by atoms with van der Waals surface area (Å²) in [5.41, 5.74) is 0. The first kappa shape index (κ1) is 11.0. The Morgan fingerprint density at radius 3 is 2.46 bits per heavy atom. The monoisotopic (exact) mass is 184 g/mol. The number of rotatable bonds is 7. The van der Waals surface area contributed by atoms with E-state index in [9.17, 15) is 0 Å². The van der Waals surface area contributed by atoms with Crippen molar-refractivity contribution in [2.75, 3.05) is 26.2 Å². The molecule has 2 heteroatoms. The third-order valence-corrected chi connectivity index (χ3v) is 3.16. The van der Waals surface area contributed by atoms with E-state index in [-0.39, 0.29) is 0 Å². The molecule has 2 nitrogen and oxygen atoms in total. The fraction of sp³-hybridized carbons (Fsp3) is 1.00. The summed E-state index contributed by atoms with van der Waals surface area (Å²) in [5, 5.41) is 6.87. The van der Waals surface area contributed by atoms with Gasteiger partial charge in [-0.1, -0.05) is 20.3 Å². The van der Waals surface area contributed by atoms with Crippen LogP contribution in [-0.4, -0.2) is 26.2 Å².